The summed E-state index contributed by atoms with van der Waals surface area (Å²) in [5.74, 6) is -3.06. The number of benzene rings is 3. The van der Waals surface area contributed by atoms with Crippen molar-refractivity contribution in [2.75, 3.05) is 18.4 Å². The highest BCUT2D eigenvalue weighted by Crippen LogP contribution is 2.33. The summed E-state index contributed by atoms with van der Waals surface area (Å²) in [6.07, 6.45) is 1.42. The topological polar surface area (TPSA) is 152 Å². The number of carboxylic acids is 1. The summed E-state index contributed by atoms with van der Waals surface area (Å²) in [5.41, 5.74) is 4.82. The zero-order chi connectivity index (χ0) is 28.6. The van der Waals surface area contributed by atoms with Gasteiger partial charge in [0.25, 0.3) is 5.91 Å². The van der Waals surface area contributed by atoms with Crippen molar-refractivity contribution < 1.29 is 29.4 Å². The molecular weight excluding hydrogens is 512 g/mol. The van der Waals surface area contributed by atoms with E-state index in [4.69, 9.17) is 10.1 Å². The number of carbonyl (C=O) groups is 3. The van der Waals surface area contributed by atoms with Crippen LogP contribution in [0, 0.1) is 12.3 Å². The molecule has 1 fully saturated rings. The lowest BCUT2D eigenvalue weighted by molar-refractivity contribution is -0.139. The molecule has 0 bridgehead atoms. The fraction of sp³-hybridized carbons (Fsp3) is 0.267. The number of rotatable bonds is 10. The Balaban J connectivity index is 1.62. The fourth-order valence-corrected chi connectivity index (χ4v) is 4.73. The predicted octanol–water partition coefficient (Wildman–Crippen LogP) is 4.31. The normalized spacial score (nSPS) is 13.4. The van der Waals surface area contributed by atoms with Gasteiger partial charge in [0.15, 0.2) is 0 Å². The Hall–Kier alpha value is -4.70. The van der Waals surface area contributed by atoms with Crippen molar-refractivity contribution in [3.63, 3.8) is 0 Å². The van der Waals surface area contributed by atoms with E-state index >= 15 is 0 Å². The third-order valence-electron chi connectivity index (χ3n) is 6.84. The number of amides is 2. The average molecular weight is 545 g/mol. The second-order valence-electron chi connectivity index (χ2n) is 9.68. The van der Waals surface area contributed by atoms with Crippen LogP contribution < -0.4 is 15.5 Å². The fourth-order valence-electron chi connectivity index (χ4n) is 4.73. The lowest BCUT2D eigenvalue weighted by atomic mass is 9.92. The molecule has 1 aliphatic rings. The minimum absolute atomic E-state index is 0.0476. The van der Waals surface area contributed by atoms with E-state index in [-0.39, 0.29) is 35.2 Å². The standard InChI is InChI=1S/C30H32N4O6/c1-19-15-22(10-11-23(19)30(38)34-13-5-6-14-34)32-29(37)25(17-27(35)36)24-16-21(28(31)33-39)9-12-26(24)40-18-20-7-3-2-4-8-20/h2-4,7-12,15-16,25,39H,5-6,13-14,17-18H2,1H3,(H2,31,33)(H,32,37)(H,35,36). The number of carbonyl (C=O) groups excluding carboxylic acids is 2. The molecule has 1 saturated heterocycles. The molecule has 208 valence electrons. The van der Waals surface area contributed by atoms with Crippen molar-refractivity contribution in [3.05, 3.63) is 94.5 Å². The maximum absolute atomic E-state index is 13.5. The molecule has 1 heterocycles. The minimum Gasteiger partial charge on any atom is -0.489 e. The third-order valence-corrected chi connectivity index (χ3v) is 6.84. The number of hydrogen-bond donors (Lipinski definition) is 5. The van der Waals surface area contributed by atoms with Crippen LogP contribution in [0.2, 0.25) is 0 Å². The Morgan fingerprint density at radius 3 is 2.40 bits per heavy atom. The Labute approximate surface area is 232 Å². The van der Waals surface area contributed by atoms with E-state index in [0.29, 0.717) is 16.8 Å². The van der Waals surface area contributed by atoms with Crippen LogP contribution in [-0.2, 0) is 16.2 Å². The number of nitrogens with zero attached hydrogens (tertiary/aromatic N) is 1. The van der Waals surface area contributed by atoms with Crippen molar-refractivity contribution in [1.82, 2.24) is 10.4 Å². The second-order valence-corrected chi connectivity index (χ2v) is 9.68. The number of anilines is 1. The summed E-state index contributed by atoms with van der Waals surface area (Å²) in [4.78, 5) is 40.0. The lowest BCUT2D eigenvalue weighted by Gasteiger charge is -2.21. The van der Waals surface area contributed by atoms with Crippen molar-refractivity contribution in [1.29, 1.82) is 5.41 Å². The van der Waals surface area contributed by atoms with Gasteiger partial charge in [-0.2, -0.15) is 0 Å². The molecule has 3 aromatic rings. The minimum atomic E-state index is -1.20. The van der Waals surface area contributed by atoms with Crippen molar-refractivity contribution in [2.45, 2.75) is 38.7 Å². The molecule has 0 saturated carbocycles. The maximum atomic E-state index is 13.5. The number of nitrogens with one attached hydrogen (secondary N) is 3. The monoisotopic (exact) mass is 544 g/mol. The number of amidine groups is 1. The van der Waals surface area contributed by atoms with Crippen LogP contribution in [0.15, 0.2) is 66.7 Å². The van der Waals surface area contributed by atoms with Crippen LogP contribution in [-0.4, -0.2) is 51.9 Å². The van der Waals surface area contributed by atoms with Crippen LogP contribution in [0.1, 0.15) is 57.8 Å². The average Bonchev–Trinajstić information content (AvgIpc) is 3.50. The first-order valence-electron chi connectivity index (χ1n) is 13.0. The summed E-state index contributed by atoms with van der Waals surface area (Å²) in [7, 11) is 0. The van der Waals surface area contributed by atoms with Gasteiger partial charge >= 0.3 is 5.97 Å². The number of ether oxygens (including phenoxy) is 1. The van der Waals surface area contributed by atoms with E-state index in [1.54, 1.807) is 36.7 Å². The number of aryl methyl sites for hydroxylation is 1. The van der Waals surface area contributed by atoms with Gasteiger partial charge in [-0.05, 0) is 67.3 Å². The van der Waals surface area contributed by atoms with E-state index in [1.165, 1.54) is 12.1 Å². The molecule has 5 N–H and O–H groups in total. The summed E-state index contributed by atoms with van der Waals surface area (Å²) < 4.78 is 6.00. The summed E-state index contributed by atoms with van der Waals surface area (Å²) in [6, 6.07) is 18.9. The van der Waals surface area contributed by atoms with Gasteiger partial charge < -0.3 is 20.1 Å². The zero-order valence-corrected chi connectivity index (χ0v) is 22.1. The van der Waals surface area contributed by atoms with Crippen molar-refractivity contribution in [3.8, 4) is 5.75 Å². The molecule has 0 spiro atoms. The van der Waals surface area contributed by atoms with Gasteiger partial charge in [-0.1, -0.05) is 30.3 Å². The quantitative estimate of drug-likeness (QED) is 0.145. The molecule has 3 aromatic carbocycles. The van der Waals surface area contributed by atoms with E-state index in [1.807, 2.05) is 35.2 Å². The van der Waals surface area contributed by atoms with Gasteiger partial charge in [-0.3, -0.25) is 30.5 Å². The Morgan fingerprint density at radius 1 is 1.02 bits per heavy atom. The Kier molecular flexibility index (Phi) is 9.13. The molecular formula is C30H32N4O6. The lowest BCUT2D eigenvalue weighted by Crippen LogP contribution is -2.28. The van der Waals surface area contributed by atoms with Gasteiger partial charge in [0, 0.05) is 35.5 Å². The van der Waals surface area contributed by atoms with Crippen LogP contribution in [0.3, 0.4) is 0 Å². The summed E-state index contributed by atoms with van der Waals surface area (Å²) in [5, 5.41) is 29.6. The van der Waals surface area contributed by atoms with E-state index in [0.717, 1.165) is 31.5 Å². The highest BCUT2D eigenvalue weighted by atomic mass is 16.5. The number of hydroxylamine groups is 1. The molecule has 1 unspecified atom stereocenters. The van der Waals surface area contributed by atoms with Gasteiger partial charge in [0.05, 0.1) is 12.3 Å². The molecule has 0 aromatic heterocycles. The smallest absolute Gasteiger partial charge is 0.304 e. The first kappa shape index (κ1) is 28.3. The largest absolute Gasteiger partial charge is 0.489 e. The van der Waals surface area contributed by atoms with Crippen molar-refractivity contribution >= 4 is 29.3 Å². The summed E-state index contributed by atoms with van der Waals surface area (Å²) in [6.45, 7) is 3.42. The van der Waals surface area contributed by atoms with Gasteiger partial charge in [0.1, 0.15) is 18.2 Å². The Morgan fingerprint density at radius 2 is 1.75 bits per heavy atom. The molecule has 4 rings (SSSR count). The SMILES string of the molecule is Cc1cc(NC(=O)C(CC(=O)O)c2cc(C(=N)NO)ccc2OCc2ccccc2)ccc1C(=O)N1CCCC1. The van der Waals surface area contributed by atoms with Crippen LogP contribution in [0.25, 0.3) is 0 Å². The van der Waals surface area contributed by atoms with Crippen molar-refractivity contribution in [2.24, 2.45) is 0 Å². The highest BCUT2D eigenvalue weighted by molar-refractivity contribution is 6.01. The first-order valence-corrected chi connectivity index (χ1v) is 13.0. The van der Waals surface area contributed by atoms with Gasteiger partial charge in [-0.15, -0.1) is 0 Å². The Bertz CT molecular complexity index is 1400. The predicted molar refractivity (Wildman–Crippen MR) is 149 cm³/mol. The molecule has 1 atom stereocenters. The molecule has 2 amide bonds. The molecule has 10 heteroatoms. The summed E-state index contributed by atoms with van der Waals surface area (Å²) >= 11 is 0. The van der Waals surface area contributed by atoms with Gasteiger partial charge in [0.2, 0.25) is 5.91 Å². The molecule has 0 radical (unpaired) electrons. The maximum Gasteiger partial charge on any atom is 0.304 e. The second kappa shape index (κ2) is 12.9. The van der Waals surface area contributed by atoms with E-state index in [9.17, 15) is 24.7 Å². The van der Waals surface area contributed by atoms with E-state index < -0.39 is 24.2 Å². The molecule has 1 aliphatic heterocycles. The third kappa shape index (κ3) is 6.83. The first-order chi connectivity index (χ1) is 19.3. The number of hydrogen-bond acceptors (Lipinski definition) is 6. The zero-order valence-electron chi connectivity index (χ0n) is 22.1. The number of carboxylic acid groups (broad SMARTS) is 1. The number of likely N-dealkylation sites (tertiary alicyclic amines) is 1. The molecule has 40 heavy (non-hydrogen) atoms. The van der Waals surface area contributed by atoms with Gasteiger partial charge in [-0.25, -0.2) is 0 Å². The van der Waals surface area contributed by atoms with Crippen LogP contribution >= 0.6 is 0 Å². The van der Waals surface area contributed by atoms with Crippen LogP contribution in [0.4, 0.5) is 5.69 Å². The highest BCUT2D eigenvalue weighted by Gasteiger charge is 2.28. The molecule has 0 aliphatic carbocycles. The van der Waals surface area contributed by atoms with Crippen LogP contribution in [0.5, 0.6) is 5.75 Å². The number of aliphatic carboxylic acids is 1. The van der Waals surface area contributed by atoms with E-state index in [2.05, 4.69) is 5.32 Å². The molecule has 10 nitrogen and oxygen atoms in total.